The molecular weight excluding hydrogens is 358 g/mol. The van der Waals surface area contributed by atoms with E-state index in [1.807, 2.05) is 24.3 Å². The van der Waals surface area contributed by atoms with Gasteiger partial charge in [-0.15, -0.1) is 23.1 Å². The van der Waals surface area contributed by atoms with E-state index in [2.05, 4.69) is 5.32 Å². The number of ether oxygens (including phenoxy) is 2. The molecule has 0 saturated carbocycles. The largest absolute Gasteiger partial charge is 0.497 e. The van der Waals surface area contributed by atoms with Crippen LogP contribution in [-0.2, 0) is 9.53 Å². The van der Waals surface area contributed by atoms with Crippen molar-refractivity contribution in [3.63, 3.8) is 0 Å². The molecule has 0 aliphatic heterocycles. The van der Waals surface area contributed by atoms with Gasteiger partial charge >= 0.3 is 5.97 Å². The van der Waals surface area contributed by atoms with Crippen LogP contribution in [0, 0.1) is 0 Å². The Bertz CT molecular complexity index is 697. The Hall–Kier alpha value is -1.99. The summed E-state index contributed by atoms with van der Waals surface area (Å²) < 4.78 is 10.1. The fourth-order valence-corrected chi connectivity index (χ4v) is 3.70. The topological polar surface area (TPSA) is 64.6 Å². The summed E-state index contributed by atoms with van der Waals surface area (Å²) in [6.45, 7) is 2.06. The third-order valence-corrected chi connectivity index (χ3v) is 5.22. The Morgan fingerprint density at radius 3 is 2.64 bits per heavy atom. The molecule has 1 aromatic carbocycles. The number of hydrogen-bond donors (Lipinski definition) is 1. The first-order valence-corrected chi connectivity index (χ1v) is 9.82. The average Bonchev–Trinajstić information content (AvgIpc) is 3.07. The van der Waals surface area contributed by atoms with Gasteiger partial charge in [0.05, 0.1) is 19.3 Å². The van der Waals surface area contributed by atoms with E-state index in [0.29, 0.717) is 23.6 Å². The zero-order valence-electron chi connectivity index (χ0n) is 14.2. The molecule has 0 radical (unpaired) electrons. The number of amides is 1. The fourth-order valence-electron chi connectivity index (χ4n) is 2.06. The number of thioether (sulfide) groups is 1. The predicted molar refractivity (Wildman–Crippen MR) is 102 cm³/mol. The monoisotopic (exact) mass is 379 g/mol. The lowest BCUT2D eigenvalue weighted by molar-refractivity contribution is -0.116. The summed E-state index contributed by atoms with van der Waals surface area (Å²) in [7, 11) is 1.64. The average molecular weight is 380 g/mol. The molecule has 1 heterocycles. The van der Waals surface area contributed by atoms with E-state index in [4.69, 9.17) is 9.47 Å². The summed E-state index contributed by atoms with van der Waals surface area (Å²) in [5, 5.41) is 5.11. The number of hydrogen-bond acceptors (Lipinski definition) is 6. The lowest BCUT2D eigenvalue weighted by Crippen LogP contribution is -2.14. The normalized spacial score (nSPS) is 10.3. The number of rotatable bonds is 9. The van der Waals surface area contributed by atoms with Crippen LogP contribution in [0.3, 0.4) is 0 Å². The number of nitrogens with one attached hydrogen (secondary N) is 1. The molecule has 0 bridgehead atoms. The summed E-state index contributed by atoms with van der Waals surface area (Å²) in [5.41, 5.74) is 0.410. The Labute approximate surface area is 155 Å². The predicted octanol–water partition coefficient (Wildman–Crippen LogP) is 4.44. The summed E-state index contributed by atoms with van der Waals surface area (Å²) in [6, 6.07) is 9.50. The molecule has 1 N–H and O–H groups in total. The summed E-state index contributed by atoms with van der Waals surface area (Å²) >= 11 is 3.02. The van der Waals surface area contributed by atoms with Crippen LogP contribution < -0.4 is 10.1 Å². The van der Waals surface area contributed by atoms with Gasteiger partial charge in [-0.3, -0.25) is 4.79 Å². The lowest BCUT2D eigenvalue weighted by Gasteiger charge is -2.06. The molecule has 0 unspecified atom stereocenters. The first-order chi connectivity index (χ1) is 12.1. The molecule has 0 aliphatic carbocycles. The van der Waals surface area contributed by atoms with Gasteiger partial charge in [-0.25, -0.2) is 4.79 Å². The number of carbonyl (C=O) groups excluding carboxylic acids is 2. The van der Waals surface area contributed by atoms with Crippen LogP contribution >= 0.6 is 23.1 Å². The first kappa shape index (κ1) is 19.3. The van der Waals surface area contributed by atoms with Crippen molar-refractivity contribution in [2.24, 2.45) is 0 Å². The van der Waals surface area contributed by atoms with Crippen LogP contribution in [0.25, 0.3) is 0 Å². The van der Waals surface area contributed by atoms with Gasteiger partial charge in [0, 0.05) is 11.3 Å². The molecule has 1 aromatic heterocycles. The van der Waals surface area contributed by atoms with Crippen LogP contribution in [0.2, 0.25) is 0 Å². The molecule has 134 valence electrons. The van der Waals surface area contributed by atoms with Crippen molar-refractivity contribution < 1.29 is 19.1 Å². The number of esters is 1. The van der Waals surface area contributed by atoms with E-state index in [0.717, 1.165) is 22.8 Å². The van der Waals surface area contributed by atoms with Crippen LogP contribution in [0.1, 0.15) is 30.1 Å². The van der Waals surface area contributed by atoms with Gasteiger partial charge < -0.3 is 14.8 Å². The first-order valence-electron chi connectivity index (χ1n) is 7.95. The lowest BCUT2D eigenvalue weighted by atomic mass is 10.3. The third kappa shape index (κ3) is 6.10. The third-order valence-electron chi connectivity index (χ3n) is 3.29. The van der Waals surface area contributed by atoms with Crippen LogP contribution in [-0.4, -0.2) is 31.3 Å². The van der Waals surface area contributed by atoms with Gasteiger partial charge in [0.2, 0.25) is 5.91 Å². The second-order valence-electron chi connectivity index (χ2n) is 5.06. The molecule has 1 amide bonds. The molecular formula is C18H21NO4S2. The van der Waals surface area contributed by atoms with E-state index >= 15 is 0 Å². The summed E-state index contributed by atoms with van der Waals surface area (Å²) in [6.07, 6.45) is 1.16. The Morgan fingerprint density at radius 2 is 1.96 bits per heavy atom. The van der Waals surface area contributed by atoms with Crippen molar-refractivity contribution >= 4 is 40.0 Å². The number of carbonyl (C=O) groups is 2. The van der Waals surface area contributed by atoms with Gasteiger partial charge in [-0.1, -0.05) is 0 Å². The molecule has 0 spiro atoms. The molecule has 2 aromatic rings. The van der Waals surface area contributed by atoms with Crippen molar-refractivity contribution in [1.82, 2.24) is 0 Å². The standard InChI is InChI=1S/C18H21NO4S2/c1-3-23-18(21)15-10-12-25-17(15)19-16(20)5-4-11-24-14-8-6-13(22-2)7-9-14/h6-10,12H,3-5,11H2,1-2H3,(H,19,20). The van der Waals surface area contributed by atoms with Gasteiger partial charge in [0.25, 0.3) is 0 Å². The smallest absolute Gasteiger partial charge is 0.341 e. The molecule has 0 saturated heterocycles. The maximum Gasteiger partial charge on any atom is 0.341 e. The molecule has 0 atom stereocenters. The van der Waals surface area contributed by atoms with Gasteiger partial charge in [-0.05, 0) is 54.8 Å². The van der Waals surface area contributed by atoms with E-state index in [1.165, 1.54) is 11.3 Å². The van der Waals surface area contributed by atoms with Crippen molar-refractivity contribution in [2.75, 3.05) is 24.8 Å². The summed E-state index contributed by atoms with van der Waals surface area (Å²) in [4.78, 5) is 25.0. The molecule has 0 fully saturated rings. The van der Waals surface area contributed by atoms with E-state index < -0.39 is 5.97 Å². The Kier molecular flexibility index (Phi) is 7.81. The number of benzene rings is 1. The van der Waals surface area contributed by atoms with Gasteiger partial charge in [-0.2, -0.15) is 0 Å². The van der Waals surface area contributed by atoms with E-state index in [1.54, 1.807) is 37.2 Å². The Morgan fingerprint density at radius 1 is 1.20 bits per heavy atom. The molecule has 0 aliphatic rings. The van der Waals surface area contributed by atoms with E-state index in [-0.39, 0.29) is 5.91 Å². The van der Waals surface area contributed by atoms with Crippen LogP contribution in [0.5, 0.6) is 5.75 Å². The minimum Gasteiger partial charge on any atom is -0.497 e. The van der Waals surface area contributed by atoms with Crippen LogP contribution in [0.4, 0.5) is 5.00 Å². The van der Waals surface area contributed by atoms with Gasteiger partial charge in [0.15, 0.2) is 0 Å². The van der Waals surface area contributed by atoms with E-state index in [9.17, 15) is 9.59 Å². The Balaban J connectivity index is 1.74. The molecule has 5 nitrogen and oxygen atoms in total. The quantitative estimate of drug-likeness (QED) is 0.396. The van der Waals surface area contributed by atoms with Crippen molar-refractivity contribution in [2.45, 2.75) is 24.7 Å². The number of methoxy groups -OCH3 is 1. The highest BCUT2D eigenvalue weighted by Gasteiger charge is 2.15. The molecule has 2 rings (SSSR count). The summed E-state index contributed by atoms with van der Waals surface area (Å²) in [5.74, 6) is 1.17. The van der Waals surface area contributed by atoms with Crippen molar-refractivity contribution in [3.8, 4) is 5.75 Å². The molecule has 25 heavy (non-hydrogen) atoms. The second kappa shape index (κ2) is 10.1. The number of thiophene rings is 1. The van der Waals surface area contributed by atoms with Gasteiger partial charge in [0.1, 0.15) is 10.8 Å². The minimum absolute atomic E-state index is 0.0941. The maximum absolute atomic E-state index is 12.1. The maximum atomic E-state index is 12.1. The number of anilines is 1. The highest BCUT2D eigenvalue weighted by Crippen LogP contribution is 2.25. The van der Waals surface area contributed by atoms with Crippen LogP contribution in [0.15, 0.2) is 40.6 Å². The molecule has 7 heteroatoms. The zero-order valence-corrected chi connectivity index (χ0v) is 15.9. The zero-order chi connectivity index (χ0) is 18.1. The SMILES string of the molecule is CCOC(=O)c1ccsc1NC(=O)CCCSc1ccc(OC)cc1. The second-order valence-corrected chi connectivity index (χ2v) is 7.14. The minimum atomic E-state index is -0.408. The fraction of sp³-hybridized carbons (Fsp3) is 0.333. The van der Waals surface area contributed by atoms with Crippen molar-refractivity contribution in [1.29, 1.82) is 0 Å². The highest BCUT2D eigenvalue weighted by atomic mass is 32.2. The highest BCUT2D eigenvalue weighted by molar-refractivity contribution is 7.99. The van der Waals surface area contributed by atoms with Crippen molar-refractivity contribution in [3.05, 3.63) is 41.3 Å².